The van der Waals surface area contributed by atoms with Gasteiger partial charge >= 0.3 is 5.97 Å². The number of nitrogens with zero attached hydrogens (tertiary/aromatic N) is 1. The number of fused-ring (bicyclic) bond motifs is 1. The van der Waals surface area contributed by atoms with Crippen molar-refractivity contribution in [3.8, 4) is 11.8 Å². The smallest absolute Gasteiger partial charge is 0.312 e. The summed E-state index contributed by atoms with van der Waals surface area (Å²) in [5, 5.41) is 30.1. The van der Waals surface area contributed by atoms with E-state index >= 15 is 0 Å². The molecule has 0 atom stereocenters. The fourth-order valence-corrected chi connectivity index (χ4v) is 4.42. The lowest BCUT2D eigenvalue weighted by molar-refractivity contribution is -0.159. The molecule has 7 heteroatoms. The van der Waals surface area contributed by atoms with Gasteiger partial charge in [-0.1, -0.05) is 42.5 Å². The first-order valence-electron chi connectivity index (χ1n) is 11.2. The van der Waals surface area contributed by atoms with E-state index in [9.17, 15) is 24.7 Å². The van der Waals surface area contributed by atoms with E-state index in [2.05, 4.69) is 0 Å². The molecule has 0 aromatic heterocycles. The molecule has 34 heavy (non-hydrogen) atoms. The van der Waals surface area contributed by atoms with Crippen LogP contribution in [-0.2, 0) is 16.1 Å². The van der Waals surface area contributed by atoms with Crippen LogP contribution in [-0.4, -0.2) is 22.3 Å². The topological polar surface area (TPSA) is 99.8 Å². The van der Waals surface area contributed by atoms with Crippen molar-refractivity contribution in [3.63, 3.8) is 0 Å². The maximum absolute atomic E-state index is 13.9. The predicted octanol–water partition coefficient (Wildman–Crippen LogP) is 4.90. The number of aliphatic hydroxyl groups is 2. The molecule has 1 aliphatic carbocycles. The molecule has 0 aliphatic heterocycles. The van der Waals surface area contributed by atoms with Crippen LogP contribution in [0.1, 0.15) is 55.6 Å². The fraction of sp³-hybridized carbons (Fsp3) is 0.333. The van der Waals surface area contributed by atoms with Gasteiger partial charge in [0.1, 0.15) is 24.2 Å². The Morgan fingerprint density at radius 3 is 2.59 bits per heavy atom. The van der Waals surface area contributed by atoms with Gasteiger partial charge in [0.15, 0.2) is 6.29 Å². The molecule has 0 spiro atoms. The summed E-state index contributed by atoms with van der Waals surface area (Å²) in [6, 6.07) is 17.8. The standard InChI is InChI=1S/C27H26FNO5/c1-27(26(32)33-16-18-7-4-6-17-5-2-3-8-21(17)18)11-9-20(10-12-27)34-24-14-22(25(30)31)23(28)13-19(24)15-29/h2-8,13-14,20,25,30-31H,9-12,16H2,1H3. The third-order valence-electron chi connectivity index (χ3n) is 6.56. The first-order chi connectivity index (χ1) is 16.3. The number of halogens is 1. The van der Waals surface area contributed by atoms with Gasteiger partial charge in [0.05, 0.1) is 17.1 Å². The lowest BCUT2D eigenvalue weighted by Crippen LogP contribution is -2.37. The van der Waals surface area contributed by atoms with E-state index in [4.69, 9.17) is 9.47 Å². The summed E-state index contributed by atoms with van der Waals surface area (Å²) in [6.45, 7) is 2.08. The summed E-state index contributed by atoms with van der Waals surface area (Å²) in [5.41, 5.74) is -0.0803. The predicted molar refractivity (Wildman–Crippen MR) is 123 cm³/mol. The molecule has 3 aromatic rings. The molecule has 0 amide bonds. The molecule has 6 nitrogen and oxygen atoms in total. The second-order valence-corrected chi connectivity index (χ2v) is 8.95. The Labute approximate surface area is 197 Å². The molecule has 0 unspecified atom stereocenters. The molecule has 0 heterocycles. The zero-order valence-electron chi connectivity index (χ0n) is 18.8. The number of esters is 1. The van der Waals surface area contributed by atoms with Crippen molar-refractivity contribution in [2.45, 2.75) is 51.6 Å². The van der Waals surface area contributed by atoms with E-state index in [0.717, 1.165) is 28.5 Å². The van der Waals surface area contributed by atoms with Gasteiger partial charge in [-0.15, -0.1) is 0 Å². The molecular formula is C27H26FNO5. The number of nitriles is 1. The van der Waals surface area contributed by atoms with Gasteiger partial charge < -0.3 is 19.7 Å². The first-order valence-corrected chi connectivity index (χ1v) is 11.2. The minimum atomic E-state index is -2.01. The minimum Gasteiger partial charge on any atom is -0.489 e. The second-order valence-electron chi connectivity index (χ2n) is 8.95. The van der Waals surface area contributed by atoms with Crippen LogP contribution in [0.2, 0.25) is 0 Å². The number of hydrogen-bond acceptors (Lipinski definition) is 6. The van der Waals surface area contributed by atoms with Gasteiger partial charge in [-0.25, -0.2) is 4.39 Å². The number of hydrogen-bond donors (Lipinski definition) is 2. The highest BCUT2D eigenvalue weighted by atomic mass is 19.1. The maximum atomic E-state index is 13.9. The normalized spacial score (nSPS) is 20.2. The fourth-order valence-electron chi connectivity index (χ4n) is 4.42. The number of rotatable bonds is 6. The van der Waals surface area contributed by atoms with E-state index in [1.807, 2.05) is 55.5 Å². The first kappa shape index (κ1) is 23.7. The van der Waals surface area contributed by atoms with Crippen molar-refractivity contribution >= 4 is 16.7 Å². The quantitative estimate of drug-likeness (QED) is 0.398. The summed E-state index contributed by atoms with van der Waals surface area (Å²) in [7, 11) is 0. The molecule has 0 radical (unpaired) electrons. The SMILES string of the molecule is CC1(C(=O)OCc2cccc3ccccc23)CCC(Oc2cc(C(O)O)c(F)cc2C#N)CC1. The third kappa shape index (κ3) is 4.89. The van der Waals surface area contributed by atoms with Crippen LogP contribution >= 0.6 is 0 Å². The Hall–Kier alpha value is -3.47. The molecule has 2 N–H and O–H groups in total. The van der Waals surface area contributed by atoms with Gasteiger partial charge in [-0.05, 0) is 61.1 Å². The van der Waals surface area contributed by atoms with E-state index in [1.165, 1.54) is 0 Å². The van der Waals surface area contributed by atoms with E-state index < -0.39 is 17.5 Å². The van der Waals surface area contributed by atoms with Crippen LogP contribution in [0.25, 0.3) is 10.8 Å². The highest BCUT2D eigenvalue weighted by Gasteiger charge is 2.39. The van der Waals surface area contributed by atoms with Crippen molar-refractivity contribution in [1.82, 2.24) is 0 Å². The van der Waals surface area contributed by atoms with Gasteiger partial charge in [-0.2, -0.15) is 5.26 Å². The number of benzene rings is 3. The number of aliphatic hydroxyl groups excluding tert-OH is 1. The molecule has 1 fully saturated rings. The van der Waals surface area contributed by atoms with Crippen molar-refractivity contribution in [2.75, 3.05) is 0 Å². The molecule has 1 saturated carbocycles. The largest absolute Gasteiger partial charge is 0.489 e. The monoisotopic (exact) mass is 463 g/mol. The second kappa shape index (κ2) is 9.80. The minimum absolute atomic E-state index is 0.0234. The molecule has 3 aromatic carbocycles. The number of ether oxygens (including phenoxy) is 2. The molecule has 0 saturated heterocycles. The summed E-state index contributed by atoms with van der Waals surface area (Å²) in [6.07, 6.45) is -0.158. The molecule has 4 rings (SSSR count). The zero-order valence-corrected chi connectivity index (χ0v) is 18.8. The molecular weight excluding hydrogens is 437 g/mol. The summed E-state index contributed by atoms with van der Waals surface area (Å²) in [4.78, 5) is 12.9. The summed E-state index contributed by atoms with van der Waals surface area (Å²) < 4.78 is 25.6. The Kier molecular flexibility index (Phi) is 6.82. The Morgan fingerprint density at radius 1 is 1.18 bits per heavy atom. The Morgan fingerprint density at radius 2 is 1.88 bits per heavy atom. The lowest BCUT2D eigenvalue weighted by atomic mass is 9.74. The Balaban J connectivity index is 1.38. The van der Waals surface area contributed by atoms with Crippen LogP contribution in [0.15, 0.2) is 54.6 Å². The van der Waals surface area contributed by atoms with Crippen LogP contribution in [0.5, 0.6) is 5.75 Å². The summed E-state index contributed by atoms with van der Waals surface area (Å²) >= 11 is 0. The Bertz CT molecular complexity index is 1240. The molecule has 1 aliphatic rings. The van der Waals surface area contributed by atoms with Crippen LogP contribution in [0, 0.1) is 22.6 Å². The third-order valence-corrected chi connectivity index (χ3v) is 6.56. The van der Waals surface area contributed by atoms with Gasteiger partial charge in [0.2, 0.25) is 0 Å². The van der Waals surface area contributed by atoms with E-state index in [1.54, 1.807) is 0 Å². The summed E-state index contributed by atoms with van der Waals surface area (Å²) in [5.74, 6) is -1.05. The van der Waals surface area contributed by atoms with Crippen LogP contribution < -0.4 is 4.74 Å². The van der Waals surface area contributed by atoms with Gasteiger partial charge in [0.25, 0.3) is 0 Å². The average Bonchev–Trinajstić information content (AvgIpc) is 2.84. The highest BCUT2D eigenvalue weighted by molar-refractivity contribution is 5.86. The van der Waals surface area contributed by atoms with Crippen LogP contribution in [0.4, 0.5) is 4.39 Å². The average molecular weight is 464 g/mol. The maximum Gasteiger partial charge on any atom is 0.312 e. The number of carbonyl (C=O) groups is 1. The molecule has 176 valence electrons. The van der Waals surface area contributed by atoms with Gasteiger partial charge in [0, 0.05) is 5.56 Å². The zero-order chi connectivity index (χ0) is 24.3. The lowest BCUT2D eigenvalue weighted by Gasteiger charge is -2.35. The van der Waals surface area contributed by atoms with Crippen LogP contribution in [0.3, 0.4) is 0 Å². The van der Waals surface area contributed by atoms with Crippen molar-refractivity contribution in [3.05, 3.63) is 77.1 Å². The van der Waals surface area contributed by atoms with E-state index in [-0.39, 0.29) is 35.6 Å². The van der Waals surface area contributed by atoms with Gasteiger partial charge in [-0.3, -0.25) is 4.79 Å². The highest BCUT2D eigenvalue weighted by Crippen LogP contribution is 2.39. The number of carbonyl (C=O) groups excluding carboxylic acids is 1. The molecule has 0 bridgehead atoms. The van der Waals surface area contributed by atoms with E-state index in [0.29, 0.717) is 25.7 Å². The van der Waals surface area contributed by atoms with Crippen molar-refractivity contribution in [2.24, 2.45) is 5.41 Å². The van der Waals surface area contributed by atoms with Crippen molar-refractivity contribution in [1.29, 1.82) is 5.26 Å². The van der Waals surface area contributed by atoms with Crippen molar-refractivity contribution < 1.29 is 28.9 Å².